The van der Waals surface area contributed by atoms with E-state index in [-0.39, 0.29) is 0 Å². The van der Waals surface area contributed by atoms with Gasteiger partial charge in [-0.15, -0.1) is 0 Å². The summed E-state index contributed by atoms with van der Waals surface area (Å²) in [5.74, 6) is 2.43. The fraction of sp³-hybridized carbons (Fsp3) is 0.136. The van der Waals surface area contributed by atoms with Gasteiger partial charge in [0.1, 0.15) is 5.82 Å². The van der Waals surface area contributed by atoms with Gasteiger partial charge in [-0.1, -0.05) is 24.0 Å². The van der Waals surface area contributed by atoms with Crippen LogP contribution in [0.5, 0.6) is 0 Å². The number of nitrogens with zero attached hydrogens (tertiary/aromatic N) is 7. The van der Waals surface area contributed by atoms with E-state index in [9.17, 15) is 0 Å². The van der Waals surface area contributed by atoms with E-state index in [1.807, 2.05) is 26.0 Å². The van der Waals surface area contributed by atoms with Gasteiger partial charge in [-0.05, 0) is 30.3 Å². The van der Waals surface area contributed by atoms with E-state index >= 15 is 0 Å². The summed E-state index contributed by atoms with van der Waals surface area (Å²) in [6.07, 6.45) is 3.43. The third kappa shape index (κ3) is 2.16. The molecule has 3 aromatic heterocycles. The Labute approximate surface area is 177 Å². The first kappa shape index (κ1) is 17.2. The molecule has 148 valence electrons. The van der Waals surface area contributed by atoms with Crippen LogP contribution in [0.3, 0.4) is 0 Å². The third-order valence-electron chi connectivity index (χ3n) is 5.61. The average molecular weight is 414 g/mol. The zero-order valence-corrected chi connectivity index (χ0v) is 17.7. The van der Waals surface area contributed by atoms with Gasteiger partial charge >= 0.3 is 0 Å². The summed E-state index contributed by atoms with van der Waals surface area (Å²) in [5, 5.41) is 0. The van der Waals surface area contributed by atoms with Gasteiger partial charge in [0.2, 0.25) is 0 Å². The lowest BCUT2D eigenvalue weighted by Crippen LogP contribution is -2.20. The van der Waals surface area contributed by atoms with Gasteiger partial charge in [0.15, 0.2) is 16.6 Å². The molecule has 0 bridgehead atoms. The summed E-state index contributed by atoms with van der Waals surface area (Å²) in [5.41, 5.74) is 5.42. The number of benzene rings is 2. The number of imidazole rings is 1. The Morgan fingerprint density at radius 2 is 1.80 bits per heavy atom. The molecule has 1 aliphatic rings. The van der Waals surface area contributed by atoms with E-state index in [0.29, 0.717) is 0 Å². The van der Waals surface area contributed by atoms with Crippen LogP contribution in [-0.2, 0) is 0 Å². The minimum atomic E-state index is 0.795. The van der Waals surface area contributed by atoms with Crippen LogP contribution in [0.4, 0.5) is 23.0 Å². The van der Waals surface area contributed by atoms with Gasteiger partial charge in [0.25, 0.3) is 0 Å². The van der Waals surface area contributed by atoms with Crippen molar-refractivity contribution >= 4 is 60.6 Å². The van der Waals surface area contributed by atoms with Gasteiger partial charge in [0, 0.05) is 39.2 Å². The summed E-state index contributed by atoms with van der Waals surface area (Å²) in [6.45, 7) is 4.28. The molecule has 0 fully saturated rings. The molecule has 0 spiro atoms. The molecule has 0 unspecified atom stereocenters. The second kappa shape index (κ2) is 5.93. The number of rotatable bonds is 2. The van der Waals surface area contributed by atoms with Gasteiger partial charge in [-0.2, -0.15) is 0 Å². The standard InChI is InChI=1S/C22H19N7S/c1-13-27(4)20-21(24-11-10-23-20)28(13)17-6-5-7-18-19(17)30-22-25-15-12-14(26(2)3)8-9-16(15)29(18)22/h5-12H,1H2,2-4H3. The first-order valence-corrected chi connectivity index (χ1v) is 10.4. The lowest BCUT2D eigenvalue weighted by Gasteiger charge is -2.21. The zero-order chi connectivity index (χ0) is 20.6. The fourth-order valence-corrected chi connectivity index (χ4v) is 5.19. The molecule has 30 heavy (non-hydrogen) atoms. The maximum Gasteiger partial charge on any atom is 0.195 e. The normalized spacial score (nSPS) is 13.8. The molecule has 5 aromatic rings. The average Bonchev–Trinajstić information content (AvgIpc) is 3.36. The van der Waals surface area contributed by atoms with E-state index in [1.54, 1.807) is 23.7 Å². The van der Waals surface area contributed by atoms with Crippen molar-refractivity contribution < 1.29 is 0 Å². The molecular formula is C22H19N7S. The monoisotopic (exact) mass is 413 g/mol. The second-order valence-electron chi connectivity index (χ2n) is 7.54. The van der Waals surface area contributed by atoms with Crippen molar-refractivity contribution in [2.75, 3.05) is 35.8 Å². The van der Waals surface area contributed by atoms with Gasteiger partial charge in [-0.3, -0.25) is 9.30 Å². The highest BCUT2D eigenvalue weighted by Gasteiger charge is 2.32. The molecule has 4 heterocycles. The van der Waals surface area contributed by atoms with Crippen LogP contribution in [0.2, 0.25) is 0 Å². The lowest BCUT2D eigenvalue weighted by molar-refractivity contribution is 1.07. The van der Waals surface area contributed by atoms with Gasteiger partial charge < -0.3 is 9.80 Å². The largest absolute Gasteiger partial charge is 0.378 e. The Kier molecular flexibility index (Phi) is 3.41. The lowest BCUT2D eigenvalue weighted by atomic mass is 10.2. The first-order chi connectivity index (χ1) is 14.5. The van der Waals surface area contributed by atoms with Crippen molar-refractivity contribution in [2.24, 2.45) is 0 Å². The van der Waals surface area contributed by atoms with E-state index in [0.717, 1.165) is 55.0 Å². The topological polar surface area (TPSA) is 52.8 Å². The summed E-state index contributed by atoms with van der Waals surface area (Å²) < 4.78 is 3.38. The van der Waals surface area contributed by atoms with Crippen LogP contribution in [0.1, 0.15) is 0 Å². The van der Waals surface area contributed by atoms with Crippen LogP contribution >= 0.6 is 11.3 Å². The molecule has 1 aliphatic heterocycles. The third-order valence-corrected chi connectivity index (χ3v) is 6.69. The maximum atomic E-state index is 4.92. The molecule has 0 amide bonds. The van der Waals surface area contributed by atoms with E-state index < -0.39 is 0 Å². The molecule has 8 heteroatoms. The molecule has 0 atom stereocenters. The molecule has 0 radical (unpaired) electrons. The number of hydrogen-bond acceptors (Lipinski definition) is 7. The van der Waals surface area contributed by atoms with Crippen LogP contribution in [-0.4, -0.2) is 40.5 Å². The Balaban J connectivity index is 1.61. The van der Waals surface area contributed by atoms with E-state index in [2.05, 4.69) is 67.1 Å². The SMILES string of the molecule is C=C1N(C)c2nccnc2N1c1cccc2c1sc1nc3cc(N(C)C)ccc3n12. The molecule has 2 aromatic carbocycles. The maximum absolute atomic E-state index is 4.92. The molecular weight excluding hydrogens is 394 g/mol. The Morgan fingerprint density at radius 3 is 2.60 bits per heavy atom. The second-order valence-corrected chi connectivity index (χ2v) is 8.52. The summed E-state index contributed by atoms with van der Waals surface area (Å²) in [6, 6.07) is 12.7. The van der Waals surface area contributed by atoms with Gasteiger partial charge in [0.05, 0.1) is 26.9 Å². The molecule has 0 saturated carbocycles. The highest BCUT2D eigenvalue weighted by Crippen LogP contribution is 2.46. The van der Waals surface area contributed by atoms with E-state index in [1.165, 1.54) is 0 Å². The number of anilines is 4. The molecule has 0 saturated heterocycles. The van der Waals surface area contributed by atoms with Crippen LogP contribution < -0.4 is 14.7 Å². The quantitative estimate of drug-likeness (QED) is 0.421. The smallest absolute Gasteiger partial charge is 0.195 e. The summed E-state index contributed by atoms with van der Waals surface area (Å²) in [4.78, 5) is 21.1. The Hall–Kier alpha value is -3.65. The zero-order valence-electron chi connectivity index (χ0n) is 16.9. The van der Waals surface area contributed by atoms with Crippen molar-refractivity contribution in [2.45, 2.75) is 0 Å². The minimum absolute atomic E-state index is 0.795. The minimum Gasteiger partial charge on any atom is -0.378 e. The number of thiazole rings is 1. The highest BCUT2D eigenvalue weighted by molar-refractivity contribution is 7.24. The van der Waals surface area contributed by atoms with Crippen molar-refractivity contribution in [1.29, 1.82) is 0 Å². The van der Waals surface area contributed by atoms with Crippen LogP contribution in [0.25, 0.3) is 26.2 Å². The molecule has 0 aliphatic carbocycles. The molecule has 0 N–H and O–H groups in total. The van der Waals surface area contributed by atoms with Gasteiger partial charge in [-0.25, -0.2) is 15.0 Å². The van der Waals surface area contributed by atoms with Crippen molar-refractivity contribution in [1.82, 2.24) is 19.4 Å². The predicted octanol–water partition coefficient (Wildman–Crippen LogP) is 4.62. The first-order valence-electron chi connectivity index (χ1n) is 9.59. The van der Waals surface area contributed by atoms with E-state index in [4.69, 9.17) is 4.98 Å². The van der Waals surface area contributed by atoms with Crippen molar-refractivity contribution in [3.63, 3.8) is 0 Å². The fourth-order valence-electron chi connectivity index (χ4n) is 4.05. The highest BCUT2D eigenvalue weighted by atomic mass is 32.1. The molecule has 7 nitrogen and oxygen atoms in total. The summed E-state index contributed by atoms with van der Waals surface area (Å²) in [7, 11) is 6.05. The number of fused-ring (bicyclic) bond motifs is 6. The van der Waals surface area contributed by atoms with Crippen LogP contribution in [0, 0.1) is 0 Å². The Morgan fingerprint density at radius 1 is 1.00 bits per heavy atom. The summed E-state index contributed by atoms with van der Waals surface area (Å²) >= 11 is 1.68. The van der Waals surface area contributed by atoms with Crippen molar-refractivity contribution in [3.05, 3.63) is 61.2 Å². The van der Waals surface area contributed by atoms with Crippen molar-refractivity contribution in [3.8, 4) is 0 Å². The van der Waals surface area contributed by atoms with Crippen LogP contribution in [0.15, 0.2) is 61.2 Å². The predicted molar refractivity (Wildman–Crippen MR) is 124 cm³/mol. The number of hydrogen-bond donors (Lipinski definition) is 0. The Bertz CT molecular complexity index is 1480. The molecule has 6 rings (SSSR count). The number of aromatic nitrogens is 4.